The van der Waals surface area contributed by atoms with Crippen molar-refractivity contribution >= 4 is 38.6 Å². The van der Waals surface area contributed by atoms with Crippen molar-refractivity contribution < 1.29 is 0 Å². The molecule has 0 unspecified atom stereocenters. The van der Waals surface area contributed by atoms with Crippen molar-refractivity contribution in [2.45, 2.75) is 5.41 Å². The number of fused-ring (bicyclic) bond motifs is 14. The van der Waals surface area contributed by atoms with Crippen molar-refractivity contribution in [1.82, 2.24) is 0 Å². The van der Waals surface area contributed by atoms with E-state index in [2.05, 4.69) is 278 Å². The first kappa shape index (κ1) is 40.1. The Morgan fingerprint density at radius 2 is 0.543 bits per heavy atom. The molecule has 12 aromatic rings. The van der Waals surface area contributed by atoms with Gasteiger partial charge in [0.25, 0.3) is 0 Å². The van der Waals surface area contributed by atoms with Crippen LogP contribution in [-0.4, -0.2) is 0 Å². The van der Waals surface area contributed by atoms with Crippen molar-refractivity contribution in [2.24, 2.45) is 0 Å². The van der Waals surface area contributed by atoms with Crippen LogP contribution in [0.1, 0.15) is 22.3 Å². The largest absolute Gasteiger partial charge is 0.311 e. The Balaban J connectivity index is 0.897. The highest BCUT2D eigenvalue weighted by molar-refractivity contribution is 6.00. The van der Waals surface area contributed by atoms with Crippen LogP contribution in [0.25, 0.3) is 88.3 Å². The summed E-state index contributed by atoms with van der Waals surface area (Å²) in [5.74, 6) is 0. The molecule has 0 atom stereocenters. The lowest BCUT2D eigenvalue weighted by Crippen LogP contribution is -2.29. The number of nitrogens with zero attached hydrogens (tertiary/aromatic N) is 1. The zero-order valence-corrected chi connectivity index (χ0v) is 38.4. The molecule has 14 rings (SSSR count). The van der Waals surface area contributed by atoms with E-state index < -0.39 is 5.41 Å². The Bertz CT molecular complexity index is 3790. The molecule has 0 fully saturated rings. The Labute approximate surface area is 408 Å². The van der Waals surface area contributed by atoms with Crippen LogP contribution in [0, 0.1) is 0 Å². The summed E-state index contributed by atoms with van der Waals surface area (Å²) >= 11 is 0. The molecule has 0 saturated heterocycles. The van der Waals surface area contributed by atoms with E-state index in [-0.39, 0.29) is 0 Å². The van der Waals surface area contributed by atoms with E-state index in [9.17, 15) is 0 Å². The Kier molecular flexibility index (Phi) is 9.19. The highest BCUT2D eigenvalue weighted by Gasteiger charge is 2.49. The van der Waals surface area contributed by atoms with Gasteiger partial charge in [0.15, 0.2) is 0 Å². The molecule has 0 saturated carbocycles. The third-order valence-electron chi connectivity index (χ3n) is 15.1. The van der Waals surface area contributed by atoms with Gasteiger partial charge in [0, 0.05) is 17.1 Å². The molecule has 1 spiro atoms. The van der Waals surface area contributed by atoms with Crippen molar-refractivity contribution in [2.75, 3.05) is 4.90 Å². The second-order valence-corrected chi connectivity index (χ2v) is 18.7. The summed E-state index contributed by atoms with van der Waals surface area (Å²) in [4.78, 5) is 2.38. The number of anilines is 3. The van der Waals surface area contributed by atoms with Crippen LogP contribution in [-0.2, 0) is 5.41 Å². The molecule has 1 nitrogen and oxygen atoms in total. The van der Waals surface area contributed by atoms with Gasteiger partial charge in [0.2, 0.25) is 0 Å². The van der Waals surface area contributed by atoms with E-state index in [0.29, 0.717) is 0 Å². The van der Waals surface area contributed by atoms with Crippen LogP contribution in [0.5, 0.6) is 0 Å². The third kappa shape index (κ3) is 6.12. The van der Waals surface area contributed by atoms with Crippen LogP contribution in [0.15, 0.2) is 273 Å². The smallest absolute Gasteiger partial charge is 0.0725 e. The summed E-state index contributed by atoms with van der Waals surface area (Å²) in [6.45, 7) is 0. The number of hydrogen-bond acceptors (Lipinski definition) is 1. The van der Waals surface area contributed by atoms with E-state index in [4.69, 9.17) is 0 Å². The topological polar surface area (TPSA) is 3.24 Å². The molecule has 0 aromatic heterocycles. The maximum Gasteiger partial charge on any atom is 0.0725 e. The van der Waals surface area contributed by atoms with Crippen LogP contribution >= 0.6 is 0 Å². The molecule has 12 aromatic carbocycles. The molecule has 2 aliphatic rings. The summed E-state index contributed by atoms with van der Waals surface area (Å²) in [6.07, 6.45) is 0. The SMILES string of the molecule is c1ccc2c(c1)-c1ccccc1C1(c3ccccc3-2)c2ccccc2-c2ccc(-c3ccc(N(c4ccc(-c5cccc6ccccc56)cc4)c4ccc(-c5cccc6ccccc56)cc4)cc3)cc21. The second-order valence-electron chi connectivity index (χ2n) is 18.7. The van der Waals surface area contributed by atoms with Gasteiger partial charge in [-0.2, -0.15) is 0 Å². The molecule has 1 heteroatoms. The Morgan fingerprint density at radius 1 is 0.214 bits per heavy atom. The predicted octanol–water partition coefficient (Wildman–Crippen LogP) is 18.5. The molecular formula is C69H45N. The van der Waals surface area contributed by atoms with Crippen molar-refractivity contribution in [3.8, 4) is 66.8 Å². The lowest BCUT2D eigenvalue weighted by atomic mass is 9.65. The summed E-state index contributed by atoms with van der Waals surface area (Å²) in [7, 11) is 0. The zero-order chi connectivity index (χ0) is 46.2. The van der Waals surface area contributed by atoms with Gasteiger partial charge in [0.1, 0.15) is 0 Å². The van der Waals surface area contributed by atoms with Crippen molar-refractivity contribution in [1.29, 1.82) is 0 Å². The average molecular weight is 888 g/mol. The first-order valence-corrected chi connectivity index (χ1v) is 24.3. The highest BCUT2D eigenvalue weighted by atomic mass is 15.1. The first-order valence-electron chi connectivity index (χ1n) is 24.3. The van der Waals surface area contributed by atoms with Gasteiger partial charge in [-0.3, -0.25) is 0 Å². The van der Waals surface area contributed by atoms with Crippen LogP contribution in [0.3, 0.4) is 0 Å². The van der Waals surface area contributed by atoms with Gasteiger partial charge < -0.3 is 4.90 Å². The fourth-order valence-corrected chi connectivity index (χ4v) is 12.0. The van der Waals surface area contributed by atoms with Crippen molar-refractivity contribution in [3.63, 3.8) is 0 Å². The van der Waals surface area contributed by atoms with Gasteiger partial charge in [0.05, 0.1) is 5.41 Å². The monoisotopic (exact) mass is 887 g/mol. The van der Waals surface area contributed by atoms with Crippen LogP contribution in [0.4, 0.5) is 17.1 Å². The lowest BCUT2D eigenvalue weighted by Gasteiger charge is -2.35. The van der Waals surface area contributed by atoms with E-state index in [1.807, 2.05) is 0 Å². The van der Waals surface area contributed by atoms with Crippen molar-refractivity contribution in [3.05, 3.63) is 295 Å². The zero-order valence-electron chi connectivity index (χ0n) is 38.4. The maximum atomic E-state index is 2.49. The molecule has 326 valence electrons. The summed E-state index contributed by atoms with van der Waals surface area (Å²) in [5, 5.41) is 5.01. The number of hydrogen-bond donors (Lipinski definition) is 0. The molecule has 0 N–H and O–H groups in total. The fraction of sp³-hybridized carbons (Fsp3) is 0.0145. The minimum atomic E-state index is -0.527. The molecule has 0 amide bonds. The Morgan fingerprint density at radius 3 is 1.01 bits per heavy atom. The van der Waals surface area contributed by atoms with Gasteiger partial charge >= 0.3 is 0 Å². The van der Waals surface area contributed by atoms with Gasteiger partial charge in [-0.1, -0.05) is 231 Å². The van der Waals surface area contributed by atoms with E-state index in [1.54, 1.807) is 0 Å². The van der Waals surface area contributed by atoms with Gasteiger partial charge in [-0.25, -0.2) is 0 Å². The minimum Gasteiger partial charge on any atom is -0.311 e. The molecule has 0 heterocycles. The lowest BCUT2D eigenvalue weighted by molar-refractivity contribution is 0.775. The summed E-state index contributed by atoms with van der Waals surface area (Å²) in [6, 6.07) is 101. The van der Waals surface area contributed by atoms with E-state index >= 15 is 0 Å². The predicted molar refractivity (Wildman–Crippen MR) is 294 cm³/mol. The summed E-state index contributed by atoms with van der Waals surface area (Å²) in [5.41, 5.74) is 23.0. The number of rotatable bonds is 6. The first-order chi connectivity index (χ1) is 34.7. The second kappa shape index (κ2) is 16.0. The Hall–Kier alpha value is -9.04. The fourth-order valence-electron chi connectivity index (χ4n) is 12.0. The third-order valence-corrected chi connectivity index (χ3v) is 15.1. The standard InChI is InChI=1S/C69H45N/c1-3-19-55-47(15-1)17-13-26-57(55)49-33-40-53(41-34-49)70(54-42-35-50(36-43-54)58-27-14-18-48-16-2-4-20-56(48)58)52-38-31-46(32-39-52)51-37-44-64-63-25-9-12-30-67(63)69(68(64)45-51)65-28-10-7-23-61(65)59-21-5-6-22-60(59)62-24-8-11-29-66(62)69/h1-45H. The molecular weight excluding hydrogens is 843 g/mol. The number of benzene rings is 12. The molecule has 70 heavy (non-hydrogen) atoms. The van der Waals surface area contributed by atoms with E-state index in [0.717, 1.165) is 17.1 Å². The maximum absolute atomic E-state index is 2.49. The van der Waals surface area contributed by atoms with Crippen LogP contribution < -0.4 is 4.90 Å². The van der Waals surface area contributed by atoms with Gasteiger partial charge in [-0.15, -0.1) is 0 Å². The molecule has 0 bridgehead atoms. The van der Waals surface area contributed by atoms with Gasteiger partial charge in [-0.05, 0) is 153 Å². The highest BCUT2D eigenvalue weighted by Crippen LogP contribution is 2.61. The minimum absolute atomic E-state index is 0.527. The quantitative estimate of drug-likeness (QED) is 0.161. The molecule has 0 radical (unpaired) electrons. The molecule has 2 aliphatic carbocycles. The normalized spacial score (nSPS) is 12.7. The van der Waals surface area contributed by atoms with Crippen LogP contribution in [0.2, 0.25) is 0 Å². The average Bonchev–Trinajstić information content (AvgIpc) is 3.67. The van der Waals surface area contributed by atoms with E-state index in [1.165, 1.54) is 111 Å². The molecule has 0 aliphatic heterocycles. The summed E-state index contributed by atoms with van der Waals surface area (Å²) < 4.78 is 0.